The molecule has 0 unspecified atom stereocenters. The van der Waals surface area contributed by atoms with Crippen LogP contribution in [0.15, 0.2) is 41.3 Å². The van der Waals surface area contributed by atoms with Gasteiger partial charge in [-0.05, 0) is 74.2 Å². The van der Waals surface area contributed by atoms with E-state index in [2.05, 4.69) is 0 Å². The third kappa shape index (κ3) is 6.02. The maximum absolute atomic E-state index is 13.6. The van der Waals surface area contributed by atoms with Crippen LogP contribution in [0.1, 0.15) is 30.4 Å². The van der Waals surface area contributed by atoms with Crippen molar-refractivity contribution in [2.45, 2.75) is 38.0 Å². The average Bonchev–Trinajstić information content (AvgIpc) is 2.85. The molecule has 0 bridgehead atoms. The molecule has 36 heavy (non-hydrogen) atoms. The minimum absolute atomic E-state index is 0.0277. The lowest BCUT2D eigenvalue weighted by molar-refractivity contribution is -0.139. The van der Waals surface area contributed by atoms with Crippen LogP contribution in [0.25, 0.3) is 0 Å². The SMILES string of the molecule is Cc1cc(OCC2(CC(=O)N3CCOCC3)CCN(S(=O)(=O)c3ccc(F)cc3C)CC2)ccc1Cl. The van der Waals surface area contributed by atoms with E-state index < -0.39 is 21.3 Å². The summed E-state index contributed by atoms with van der Waals surface area (Å²) in [6.07, 6.45) is 1.20. The van der Waals surface area contributed by atoms with Crippen LogP contribution in [-0.2, 0) is 19.6 Å². The van der Waals surface area contributed by atoms with E-state index >= 15 is 0 Å². The third-order valence-electron chi connectivity index (χ3n) is 7.10. The minimum Gasteiger partial charge on any atom is -0.493 e. The number of hydrogen-bond acceptors (Lipinski definition) is 5. The van der Waals surface area contributed by atoms with E-state index in [4.69, 9.17) is 21.1 Å². The van der Waals surface area contributed by atoms with Gasteiger partial charge in [-0.3, -0.25) is 4.79 Å². The van der Waals surface area contributed by atoms with E-state index in [1.807, 2.05) is 17.9 Å². The monoisotopic (exact) mass is 538 g/mol. The van der Waals surface area contributed by atoms with Crippen molar-refractivity contribution in [3.8, 4) is 5.75 Å². The molecule has 2 heterocycles. The van der Waals surface area contributed by atoms with E-state index in [0.717, 1.165) is 11.6 Å². The first-order valence-corrected chi connectivity index (χ1v) is 13.9. The Bertz CT molecular complexity index is 1210. The molecule has 4 rings (SSSR count). The Balaban J connectivity index is 1.51. The predicted molar refractivity (Wildman–Crippen MR) is 135 cm³/mol. The molecule has 0 aliphatic carbocycles. The second-order valence-corrected chi connectivity index (χ2v) is 12.0. The lowest BCUT2D eigenvalue weighted by Crippen LogP contribution is -2.49. The van der Waals surface area contributed by atoms with Gasteiger partial charge < -0.3 is 14.4 Å². The van der Waals surface area contributed by atoms with Gasteiger partial charge in [-0.15, -0.1) is 0 Å². The highest BCUT2D eigenvalue weighted by molar-refractivity contribution is 7.89. The van der Waals surface area contributed by atoms with Crippen LogP contribution in [0.2, 0.25) is 5.02 Å². The third-order valence-corrected chi connectivity index (χ3v) is 9.59. The van der Waals surface area contributed by atoms with Crippen molar-refractivity contribution < 1.29 is 27.1 Å². The van der Waals surface area contributed by atoms with Gasteiger partial charge in [0.15, 0.2) is 0 Å². The number of nitrogens with zero attached hydrogens (tertiary/aromatic N) is 2. The number of aryl methyl sites for hydroxylation is 2. The Labute approximate surface area is 217 Å². The van der Waals surface area contributed by atoms with Crippen molar-refractivity contribution in [1.82, 2.24) is 9.21 Å². The molecule has 0 saturated carbocycles. The van der Waals surface area contributed by atoms with Crippen LogP contribution >= 0.6 is 11.6 Å². The number of carbonyl (C=O) groups is 1. The summed E-state index contributed by atoms with van der Waals surface area (Å²) < 4.78 is 53.1. The summed E-state index contributed by atoms with van der Waals surface area (Å²) >= 11 is 6.14. The maximum atomic E-state index is 13.6. The zero-order valence-electron chi connectivity index (χ0n) is 20.6. The fourth-order valence-corrected chi connectivity index (χ4v) is 6.57. The van der Waals surface area contributed by atoms with Gasteiger partial charge in [-0.2, -0.15) is 4.31 Å². The number of rotatable bonds is 7. The molecule has 0 atom stereocenters. The fraction of sp³-hybridized carbons (Fsp3) is 0.500. The first kappa shape index (κ1) is 26.9. The van der Waals surface area contributed by atoms with E-state index in [1.165, 1.54) is 16.4 Å². The summed E-state index contributed by atoms with van der Waals surface area (Å²) in [5.41, 5.74) is 0.742. The minimum atomic E-state index is -3.79. The van der Waals surface area contributed by atoms with Gasteiger partial charge in [0.1, 0.15) is 11.6 Å². The van der Waals surface area contributed by atoms with E-state index in [-0.39, 0.29) is 36.9 Å². The first-order chi connectivity index (χ1) is 17.1. The van der Waals surface area contributed by atoms with Gasteiger partial charge in [-0.25, -0.2) is 12.8 Å². The number of amides is 1. The number of piperidine rings is 1. The lowest BCUT2D eigenvalue weighted by Gasteiger charge is -2.42. The highest BCUT2D eigenvalue weighted by atomic mass is 35.5. The highest BCUT2D eigenvalue weighted by Gasteiger charge is 2.42. The lowest BCUT2D eigenvalue weighted by atomic mass is 9.76. The Morgan fingerprint density at radius 2 is 1.75 bits per heavy atom. The van der Waals surface area contributed by atoms with Crippen molar-refractivity contribution in [3.63, 3.8) is 0 Å². The maximum Gasteiger partial charge on any atom is 0.243 e. The first-order valence-electron chi connectivity index (χ1n) is 12.1. The van der Waals surface area contributed by atoms with Gasteiger partial charge in [0.05, 0.1) is 24.7 Å². The summed E-state index contributed by atoms with van der Waals surface area (Å²) in [6.45, 7) is 6.41. The molecule has 0 radical (unpaired) electrons. The molecule has 2 aliphatic rings. The number of morpholine rings is 1. The molecule has 0 spiro atoms. The van der Waals surface area contributed by atoms with E-state index in [1.54, 1.807) is 19.1 Å². The zero-order chi connectivity index (χ0) is 25.9. The quantitative estimate of drug-likeness (QED) is 0.528. The Hall–Kier alpha value is -2.20. The van der Waals surface area contributed by atoms with Crippen LogP contribution in [0.5, 0.6) is 5.75 Å². The molecule has 2 aromatic rings. The molecular weight excluding hydrogens is 507 g/mol. The molecular formula is C26H32ClFN2O5S. The number of sulfonamides is 1. The van der Waals surface area contributed by atoms with Gasteiger partial charge >= 0.3 is 0 Å². The summed E-state index contributed by atoms with van der Waals surface area (Å²) in [5.74, 6) is 0.215. The summed E-state index contributed by atoms with van der Waals surface area (Å²) in [4.78, 5) is 15.1. The van der Waals surface area contributed by atoms with Crippen molar-refractivity contribution in [3.05, 3.63) is 58.4 Å². The summed E-state index contributed by atoms with van der Waals surface area (Å²) in [5, 5.41) is 0.647. The number of benzene rings is 2. The number of halogens is 2. The van der Waals surface area contributed by atoms with Gasteiger partial charge in [0, 0.05) is 43.0 Å². The van der Waals surface area contributed by atoms with Crippen molar-refractivity contribution in [1.29, 1.82) is 0 Å². The van der Waals surface area contributed by atoms with E-state index in [9.17, 15) is 17.6 Å². The Morgan fingerprint density at radius 1 is 1.06 bits per heavy atom. The Morgan fingerprint density at radius 3 is 2.39 bits per heavy atom. The molecule has 2 aliphatic heterocycles. The molecule has 7 nitrogen and oxygen atoms in total. The smallest absolute Gasteiger partial charge is 0.243 e. The van der Waals surface area contributed by atoms with Crippen LogP contribution in [0, 0.1) is 25.1 Å². The largest absolute Gasteiger partial charge is 0.493 e. The summed E-state index contributed by atoms with van der Waals surface area (Å²) in [6, 6.07) is 9.13. The normalized spacial score (nSPS) is 18.7. The molecule has 2 saturated heterocycles. The van der Waals surface area contributed by atoms with Crippen LogP contribution in [0.3, 0.4) is 0 Å². The molecule has 0 N–H and O–H groups in total. The van der Waals surface area contributed by atoms with Crippen molar-refractivity contribution in [2.75, 3.05) is 46.0 Å². The number of hydrogen-bond donors (Lipinski definition) is 0. The molecule has 2 fully saturated rings. The molecule has 10 heteroatoms. The highest BCUT2D eigenvalue weighted by Crippen LogP contribution is 2.39. The molecule has 1 amide bonds. The standard InChI is InChI=1S/C26H32ClFN2O5S/c1-19-16-22(4-5-23(19)27)35-18-26(17-25(31)29-11-13-34-14-12-29)7-9-30(10-8-26)36(32,33)24-6-3-21(28)15-20(24)2/h3-6,15-16H,7-14,17-18H2,1-2H3. The second kappa shape index (κ2) is 11.0. The molecule has 0 aromatic heterocycles. The molecule has 2 aromatic carbocycles. The topological polar surface area (TPSA) is 76.2 Å². The summed E-state index contributed by atoms with van der Waals surface area (Å²) in [7, 11) is -3.79. The number of carbonyl (C=O) groups excluding carboxylic acids is 1. The zero-order valence-corrected chi connectivity index (χ0v) is 22.2. The van der Waals surface area contributed by atoms with Gasteiger partial charge in [0.2, 0.25) is 15.9 Å². The predicted octanol–water partition coefficient (Wildman–Crippen LogP) is 4.19. The fourth-order valence-electron chi connectivity index (χ4n) is 4.80. The van der Waals surface area contributed by atoms with Gasteiger partial charge in [0.25, 0.3) is 0 Å². The number of ether oxygens (including phenoxy) is 2. The van der Waals surface area contributed by atoms with Crippen LogP contribution in [0.4, 0.5) is 4.39 Å². The van der Waals surface area contributed by atoms with Crippen LogP contribution in [-0.4, -0.2) is 69.5 Å². The Kier molecular flexibility index (Phi) is 8.24. The van der Waals surface area contributed by atoms with Crippen molar-refractivity contribution >= 4 is 27.5 Å². The van der Waals surface area contributed by atoms with E-state index in [0.29, 0.717) is 55.5 Å². The second-order valence-electron chi connectivity index (χ2n) is 9.68. The van der Waals surface area contributed by atoms with Gasteiger partial charge in [-0.1, -0.05) is 11.6 Å². The molecule has 196 valence electrons. The van der Waals surface area contributed by atoms with Crippen molar-refractivity contribution in [2.24, 2.45) is 5.41 Å². The van der Waals surface area contributed by atoms with Crippen LogP contribution < -0.4 is 4.74 Å². The average molecular weight is 539 g/mol.